The molecule has 0 rings (SSSR count). The molecular formula is C18H37OSn+. The van der Waals surface area contributed by atoms with E-state index >= 15 is 0 Å². The molecule has 0 saturated carbocycles. The van der Waals surface area contributed by atoms with Crippen molar-refractivity contribution >= 4 is 22.9 Å². The van der Waals surface area contributed by atoms with Crippen LogP contribution in [0.15, 0.2) is 0 Å². The first-order valence-corrected chi connectivity index (χ1v) is 10.4. The topological polar surface area (TPSA) is 9.23 Å². The van der Waals surface area contributed by atoms with E-state index in [1.165, 1.54) is 126 Å². The fraction of sp³-hybridized carbons (Fsp3) is 1.00. The van der Waals surface area contributed by atoms with Crippen LogP contribution in [-0.4, -0.2) is 29.5 Å². The van der Waals surface area contributed by atoms with Gasteiger partial charge in [0.25, 0.3) is 0 Å². The van der Waals surface area contributed by atoms with Crippen LogP contribution >= 0.6 is 0 Å². The van der Waals surface area contributed by atoms with Gasteiger partial charge < -0.3 is 0 Å². The molecule has 0 amide bonds. The average molecular weight is 388 g/mol. The van der Waals surface area contributed by atoms with Crippen molar-refractivity contribution in [2.24, 2.45) is 0 Å². The molecule has 0 unspecified atom stereocenters. The third kappa shape index (κ3) is 18.8. The number of hydrogen-bond acceptors (Lipinski definition) is 1. The summed E-state index contributed by atoms with van der Waals surface area (Å²) in [5.74, 6) is 0. The molecule has 118 valence electrons. The second-order valence-corrected chi connectivity index (χ2v) is 6.98. The second kappa shape index (κ2) is 19.8. The Hall–Kier alpha value is 0.759. The predicted octanol–water partition coefficient (Wildman–Crippen LogP) is 6.35. The van der Waals surface area contributed by atoms with Crippen molar-refractivity contribution in [3.8, 4) is 0 Å². The fourth-order valence-electron chi connectivity index (χ4n) is 2.72. The zero-order valence-electron chi connectivity index (χ0n) is 13.9. The summed E-state index contributed by atoms with van der Waals surface area (Å²) in [6.45, 7) is 3.28. The molecule has 0 fully saturated rings. The molecule has 2 radical (unpaired) electrons. The maximum atomic E-state index is 5.15. The molecule has 0 aliphatic heterocycles. The van der Waals surface area contributed by atoms with Gasteiger partial charge in [0.05, 0.1) is 0 Å². The van der Waals surface area contributed by atoms with Crippen LogP contribution in [0.3, 0.4) is 0 Å². The summed E-state index contributed by atoms with van der Waals surface area (Å²) >= 11 is 1.22. The summed E-state index contributed by atoms with van der Waals surface area (Å²) < 4.78 is 5.15. The molecular weight excluding hydrogens is 351 g/mol. The van der Waals surface area contributed by atoms with E-state index in [4.69, 9.17) is 3.07 Å². The Balaban J connectivity index is 2.89. The maximum absolute atomic E-state index is 5.15. The minimum absolute atomic E-state index is 0.983. The molecule has 1 nitrogen and oxygen atoms in total. The standard InChI is InChI=1S/C18H37O.Sn/c1-2-3-4-5-6-7-8-9-10-11-12-13-14-15-16-17-18-19;/h2-18H2,1H3;/q-1;+2. The Kier molecular flexibility index (Phi) is 20.5. The van der Waals surface area contributed by atoms with Crippen LogP contribution in [0.5, 0.6) is 0 Å². The molecule has 0 saturated heterocycles. The van der Waals surface area contributed by atoms with Gasteiger partial charge in [-0.25, -0.2) is 0 Å². The molecule has 0 aliphatic carbocycles. The molecule has 0 N–H and O–H groups in total. The summed E-state index contributed by atoms with van der Waals surface area (Å²) in [4.78, 5) is 0. The molecule has 0 spiro atoms. The van der Waals surface area contributed by atoms with Gasteiger partial charge in [-0.3, -0.25) is 0 Å². The summed E-state index contributed by atoms with van der Waals surface area (Å²) in [6, 6.07) is 0. The Bertz CT molecular complexity index is 143. The fourth-order valence-corrected chi connectivity index (χ4v) is 3.13. The van der Waals surface area contributed by atoms with E-state index in [1.54, 1.807) is 0 Å². The van der Waals surface area contributed by atoms with Gasteiger partial charge in [0.15, 0.2) is 0 Å². The summed E-state index contributed by atoms with van der Waals surface area (Å²) in [7, 11) is 0. The van der Waals surface area contributed by atoms with Gasteiger partial charge in [-0.15, -0.1) is 0 Å². The Labute approximate surface area is 142 Å². The summed E-state index contributed by atoms with van der Waals surface area (Å²) in [6.07, 6.45) is 23.0. The summed E-state index contributed by atoms with van der Waals surface area (Å²) in [5.41, 5.74) is 0. The van der Waals surface area contributed by atoms with Gasteiger partial charge in [-0.05, 0) is 0 Å². The Morgan fingerprint density at radius 1 is 0.500 bits per heavy atom. The van der Waals surface area contributed by atoms with Crippen LogP contribution in [0, 0.1) is 0 Å². The monoisotopic (exact) mass is 389 g/mol. The van der Waals surface area contributed by atoms with Crippen molar-refractivity contribution in [1.82, 2.24) is 0 Å². The van der Waals surface area contributed by atoms with Crippen molar-refractivity contribution in [2.75, 3.05) is 6.61 Å². The van der Waals surface area contributed by atoms with E-state index in [0.717, 1.165) is 6.61 Å². The number of rotatable bonds is 17. The molecule has 0 aromatic rings. The molecule has 0 aromatic carbocycles. The van der Waals surface area contributed by atoms with Gasteiger partial charge in [0.1, 0.15) is 0 Å². The Morgan fingerprint density at radius 2 is 0.800 bits per heavy atom. The van der Waals surface area contributed by atoms with Gasteiger partial charge in [0, 0.05) is 0 Å². The van der Waals surface area contributed by atoms with Crippen molar-refractivity contribution in [2.45, 2.75) is 110 Å². The van der Waals surface area contributed by atoms with E-state index in [0.29, 0.717) is 0 Å². The molecule has 0 heterocycles. The van der Waals surface area contributed by atoms with E-state index in [1.807, 2.05) is 0 Å². The Morgan fingerprint density at radius 3 is 1.10 bits per heavy atom. The van der Waals surface area contributed by atoms with Gasteiger partial charge in [0.2, 0.25) is 0 Å². The molecule has 0 aliphatic rings. The second-order valence-electron chi connectivity index (χ2n) is 6.15. The molecule has 0 atom stereocenters. The van der Waals surface area contributed by atoms with Crippen LogP contribution in [0.1, 0.15) is 110 Å². The summed E-state index contributed by atoms with van der Waals surface area (Å²) in [5, 5.41) is 0. The molecule has 0 aromatic heterocycles. The molecule has 20 heavy (non-hydrogen) atoms. The molecule has 0 bridgehead atoms. The average Bonchev–Trinajstić information content (AvgIpc) is 2.47. The normalized spacial score (nSPS) is 11.1. The van der Waals surface area contributed by atoms with E-state index < -0.39 is 0 Å². The van der Waals surface area contributed by atoms with Crippen LogP contribution in [-0.2, 0) is 3.07 Å². The van der Waals surface area contributed by atoms with E-state index in [2.05, 4.69) is 6.92 Å². The van der Waals surface area contributed by atoms with Gasteiger partial charge in [-0.1, -0.05) is 45.4 Å². The third-order valence-electron chi connectivity index (χ3n) is 4.10. The predicted molar refractivity (Wildman–Crippen MR) is 91.3 cm³/mol. The first-order valence-electron chi connectivity index (χ1n) is 9.20. The molecule has 2 heteroatoms. The SMILES string of the molecule is CCCCCCCCCCCCCCCCCC[O][Sn+]. The first kappa shape index (κ1) is 20.8. The number of hydrogen-bond donors (Lipinski definition) is 0. The van der Waals surface area contributed by atoms with E-state index in [-0.39, 0.29) is 0 Å². The van der Waals surface area contributed by atoms with Crippen LogP contribution in [0.2, 0.25) is 0 Å². The quantitative estimate of drug-likeness (QED) is 0.209. The number of unbranched alkanes of at least 4 members (excludes halogenated alkanes) is 15. The van der Waals surface area contributed by atoms with Crippen LogP contribution < -0.4 is 0 Å². The van der Waals surface area contributed by atoms with Crippen molar-refractivity contribution < 1.29 is 3.07 Å². The van der Waals surface area contributed by atoms with E-state index in [9.17, 15) is 0 Å². The van der Waals surface area contributed by atoms with Crippen molar-refractivity contribution in [1.29, 1.82) is 0 Å². The van der Waals surface area contributed by atoms with Gasteiger partial charge >= 0.3 is 96.8 Å². The van der Waals surface area contributed by atoms with Crippen molar-refractivity contribution in [3.63, 3.8) is 0 Å². The van der Waals surface area contributed by atoms with Gasteiger partial charge in [-0.2, -0.15) is 0 Å². The first-order chi connectivity index (χ1) is 9.91. The van der Waals surface area contributed by atoms with Crippen molar-refractivity contribution in [3.05, 3.63) is 0 Å². The third-order valence-corrected chi connectivity index (χ3v) is 4.68. The minimum atomic E-state index is 0.983. The van der Waals surface area contributed by atoms with Crippen LogP contribution in [0.25, 0.3) is 0 Å². The van der Waals surface area contributed by atoms with Crippen LogP contribution in [0.4, 0.5) is 0 Å². The zero-order chi connectivity index (χ0) is 14.7. The zero-order valence-corrected chi connectivity index (χ0v) is 16.8.